The predicted octanol–water partition coefficient (Wildman–Crippen LogP) is 18.5. The maximum absolute atomic E-state index is 12.8. The van der Waals surface area contributed by atoms with Gasteiger partial charge in [-0.1, -0.05) is 279 Å². The van der Waals surface area contributed by atoms with Crippen molar-refractivity contribution in [3.05, 3.63) is 0 Å². The molecule has 6 heteroatoms. The van der Waals surface area contributed by atoms with E-state index in [1.807, 2.05) is 0 Å². The van der Waals surface area contributed by atoms with Crippen LogP contribution in [-0.4, -0.2) is 37.2 Å². The number of rotatable bonds is 51. The Morgan fingerprint density at radius 1 is 0.302 bits per heavy atom. The Hall–Kier alpha value is -1.59. The highest BCUT2D eigenvalue weighted by Gasteiger charge is 2.19. The zero-order valence-electron chi connectivity index (χ0n) is 43.2. The van der Waals surface area contributed by atoms with Gasteiger partial charge in [0, 0.05) is 19.3 Å². The van der Waals surface area contributed by atoms with Crippen molar-refractivity contribution in [1.29, 1.82) is 0 Å². The highest BCUT2D eigenvalue weighted by Crippen LogP contribution is 2.18. The van der Waals surface area contributed by atoms with Gasteiger partial charge in [-0.2, -0.15) is 0 Å². The number of carbonyl (C=O) groups is 3. The van der Waals surface area contributed by atoms with E-state index < -0.39 is 6.10 Å². The fourth-order valence-electron chi connectivity index (χ4n) is 8.70. The molecule has 0 aliphatic heterocycles. The van der Waals surface area contributed by atoms with Gasteiger partial charge in [-0.3, -0.25) is 14.4 Å². The highest BCUT2D eigenvalue weighted by atomic mass is 16.6. The fraction of sp³-hybridized carbons (Fsp3) is 0.947. The average Bonchev–Trinajstić information content (AvgIpc) is 3.25. The summed E-state index contributed by atoms with van der Waals surface area (Å²) in [7, 11) is 0. The lowest BCUT2D eigenvalue weighted by atomic mass is 10.0. The Balaban J connectivity index is 4.27. The van der Waals surface area contributed by atoms with Gasteiger partial charge in [-0.05, 0) is 31.1 Å². The van der Waals surface area contributed by atoms with Crippen molar-refractivity contribution in [2.24, 2.45) is 11.8 Å². The molecule has 0 saturated carbocycles. The molecule has 1 atom stereocenters. The molecule has 0 spiro atoms. The summed E-state index contributed by atoms with van der Waals surface area (Å²) in [5, 5.41) is 0. The molecular formula is C57H110O6. The first-order valence-corrected chi connectivity index (χ1v) is 28.2. The van der Waals surface area contributed by atoms with Crippen LogP contribution in [0.3, 0.4) is 0 Å². The van der Waals surface area contributed by atoms with Crippen molar-refractivity contribution >= 4 is 17.9 Å². The third-order valence-electron chi connectivity index (χ3n) is 13.0. The van der Waals surface area contributed by atoms with Gasteiger partial charge >= 0.3 is 17.9 Å². The van der Waals surface area contributed by atoms with E-state index in [-0.39, 0.29) is 31.1 Å². The number of hydrogen-bond donors (Lipinski definition) is 0. The Kier molecular flexibility index (Phi) is 48.6. The lowest BCUT2D eigenvalue weighted by molar-refractivity contribution is -0.167. The molecule has 0 N–H and O–H groups in total. The molecule has 0 unspecified atom stereocenters. The minimum atomic E-state index is -0.762. The van der Waals surface area contributed by atoms with Gasteiger partial charge in [0.15, 0.2) is 6.10 Å². The minimum absolute atomic E-state index is 0.0633. The van der Waals surface area contributed by atoms with E-state index in [0.717, 1.165) is 69.6 Å². The molecule has 0 aliphatic rings. The summed E-state index contributed by atoms with van der Waals surface area (Å²) in [5.74, 6) is 0.798. The van der Waals surface area contributed by atoms with Crippen LogP contribution in [0.1, 0.15) is 317 Å². The molecule has 0 amide bonds. The topological polar surface area (TPSA) is 78.9 Å². The van der Waals surface area contributed by atoms with Crippen LogP contribution in [-0.2, 0) is 28.6 Å². The molecule has 0 aliphatic carbocycles. The first-order chi connectivity index (χ1) is 30.7. The highest BCUT2D eigenvalue weighted by molar-refractivity contribution is 5.71. The summed E-state index contributed by atoms with van der Waals surface area (Å²) in [5.41, 5.74) is 0. The second-order valence-corrected chi connectivity index (χ2v) is 20.5. The third-order valence-corrected chi connectivity index (χ3v) is 13.0. The quantitative estimate of drug-likeness (QED) is 0.0344. The molecule has 0 rings (SSSR count). The maximum Gasteiger partial charge on any atom is 0.306 e. The Morgan fingerprint density at radius 2 is 0.524 bits per heavy atom. The monoisotopic (exact) mass is 891 g/mol. The Labute approximate surface area is 393 Å². The molecule has 63 heavy (non-hydrogen) atoms. The number of hydrogen-bond acceptors (Lipinski definition) is 6. The summed E-state index contributed by atoms with van der Waals surface area (Å²) >= 11 is 0. The second-order valence-electron chi connectivity index (χ2n) is 20.5. The molecule has 0 bridgehead atoms. The van der Waals surface area contributed by atoms with E-state index in [0.29, 0.717) is 19.3 Å². The molecule has 0 aromatic heterocycles. The lowest BCUT2D eigenvalue weighted by Crippen LogP contribution is -2.30. The Bertz CT molecular complexity index is 962. The van der Waals surface area contributed by atoms with Crippen molar-refractivity contribution in [1.82, 2.24) is 0 Å². The van der Waals surface area contributed by atoms with Crippen LogP contribution in [0, 0.1) is 11.8 Å². The predicted molar refractivity (Wildman–Crippen MR) is 270 cm³/mol. The molecule has 0 fully saturated rings. The molecular weight excluding hydrogens is 781 g/mol. The van der Waals surface area contributed by atoms with Crippen LogP contribution >= 0.6 is 0 Å². The van der Waals surface area contributed by atoms with Crippen molar-refractivity contribution in [2.75, 3.05) is 13.2 Å². The molecule has 0 saturated heterocycles. The normalized spacial score (nSPS) is 12.0. The first-order valence-electron chi connectivity index (χ1n) is 28.2. The van der Waals surface area contributed by atoms with Crippen LogP contribution in [0.25, 0.3) is 0 Å². The van der Waals surface area contributed by atoms with E-state index in [1.54, 1.807) is 0 Å². The van der Waals surface area contributed by atoms with Gasteiger partial charge in [-0.25, -0.2) is 0 Å². The molecule has 374 valence electrons. The average molecular weight is 892 g/mol. The van der Waals surface area contributed by atoms with Gasteiger partial charge in [0.1, 0.15) is 13.2 Å². The van der Waals surface area contributed by atoms with E-state index in [9.17, 15) is 14.4 Å². The van der Waals surface area contributed by atoms with E-state index in [4.69, 9.17) is 14.2 Å². The van der Waals surface area contributed by atoms with Crippen molar-refractivity contribution < 1.29 is 28.6 Å². The Morgan fingerprint density at radius 3 is 0.778 bits per heavy atom. The smallest absolute Gasteiger partial charge is 0.306 e. The van der Waals surface area contributed by atoms with Crippen LogP contribution in [0.5, 0.6) is 0 Å². The molecule has 0 aromatic rings. The summed E-state index contributed by atoms with van der Waals surface area (Å²) in [6.45, 7) is 11.4. The number of esters is 3. The second kappa shape index (κ2) is 49.8. The SMILES string of the molecule is CCCCCCCCCCCCCCCCCCCC(=O)O[C@@H](COC(=O)CCCCCCCCCCCCCCCCC(C)C)COC(=O)CCCCCCCCCCC(C)C. The summed E-state index contributed by atoms with van der Waals surface area (Å²) < 4.78 is 16.9. The standard InChI is InChI=1S/C57H110O6/c1-6-7-8-9-10-11-12-13-14-15-16-21-24-27-34-39-44-49-57(60)63-54(51-62-56(59)48-43-38-33-29-28-31-36-41-46-53(4)5)50-61-55(58)47-42-37-32-26-23-20-18-17-19-22-25-30-35-40-45-52(2)3/h52-54H,6-51H2,1-5H3/t54-/m0/s1. The van der Waals surface area contributed by atoms with Gasteiger partial charge in [0.2, 0.25) is 0 Å². The lowest BCUT2D eigenvalue weighted by Gasteiger charge is -2.18. The number of unbranched alkanes of at least 4 members (excludes halogenated alkanes) is 36. The van der Waals surface area contributed by atoms with Gasteiger partial charge in [0.05, 0.1) is 0 Å². The van der Waals surface area contributed by atoms with Crippen molar-refractivity contribution in [3.8, 4) is 0 Å². The number of ether oxygens (including phenoxy) is 3. The van der Waals surface area contributed by atoms with Crippen LogP contribution in [0.4, 0.5) is 0 Å². The van der Waals surface area contributed by atoms with E-state index >= 15 is 0 Å². The van der Waals surface area contributed by atoms with E-state index in [1.165, 1.54) is 205 Å². The molecule has 0 radical (unpaired) electrons. The molecule has 6 nitrogen and oxygen atoms in total. The first kappa shape index (κ1) is 61.4. The summed E-state index contributed by atoms with van der Waals surface area (Å²) in [6, 6.07) is 0. The molecule has 0 aromatic carbocycles. The largest absolute Gasteiger partial charge is 0.462 e. The number of carbonyl (C=O) groups excluding carboxylic acids is 3. The van der Waals surface area contributed by atoms with Crippen molar-refractivity contribution in [3.63, 3.8) is 0 Å². The van der Waals surface area contributed by atoms with E-state index in [2.05, 4.69) is 34.6 Å². The van der Waals surface area contributed by atoms with Crippen LogP contribution < -0.4 is 0 Å². The van der Waals surface area contributed by atoms with Gasteiger partial charge < -0.3 is 14.2 Å². The zero-order valence-corrected chi connectivity index (χ0v) is 43.2. The molecule has 0 heterocycles. The van der Waals surface area contributed by atoms with Crippen LogP contribution in [0.2, 0.25) is 0 Å². The minimum Gasteiger partial charge on any atom is -0.462 e. The van der Waals surface area contributed by atoms with Gasteiger partial charge in [0.25, 0.3) is 0 Å². The fourth-order valence-corrected chi connectivity index (χ4v) is 8.70. The summed E-state index contributed by atoms with van der Waals surface area (Å²) in [4.78, 5) is 38.1. The third kappa shape index (κ3) is 51.3. The van der Waals surface area contributed by atoms with Crippen LogP contribution in [0.15, 0.2) is 0 Å². The zero-order chi connectivity index (χ0) is 46.1. The summed E-state index contributed by atoms with van der Waals surface area (Å²) in [6.07, 6.45) is 52.4. The maximum atomic E-state index is 12.8. The van der Waals surface area contributed by atoms with Gasteiger partial charge in [-0.15, -0.1) is 0 Å². The van der Waals surface area contributed by atoms with Crippen molar-refractivity contribution in [2.45, 2.75) is 323 Å².